The molecule has 24 heavy (non-hydrogen) atoms. The molecule has 0 radical (unpaired) electrons. The number of benzene rings is 1. The first-order valence-electron chi connectivity index (χ1n) is 9.32. The van der Waals surface area contributed by atoms with E-state index in [-0.39, 0.29) is 17.2 Å². The molecule has 1 saturated carbocycles. The summed E-state index contributed by atoms with van der Waals surface area (Å²) in [5.74, 6) is 1.37. The van der Waals surface area contributed by atoms with Gasteiger partial charge in [-0.25, -0.2) is 0 Å². The van der Waals surface area contributed by atoms with Crippen LogP contribution in [0.25, 0.3) is 0 Å². The summed E-state index contributed by atoms with van der Waals surface area (Å²) in [5, 5.41) is 3.25. The average Bonchev–Trinajstić information content (AvgIpc) is 3.16. The number of carbonyl (C=O) groups excluding carboxylic acids is 1. The Morgan fingerprint density at radius 1 is 1.21 bits per heavy atom. The van der Waals surface area contributed by atoms with Crippen molar-refractivity contribution >= 4 is 5.91 Å². The first-order chi connectivity index (χ1) is 11.7. The topological polar surface area (TPSA) is 47.6 Å². The van der Waals surface area contributed by atoms with Crippen LogP contribution in [0, 0.1) is 5.92 Å². The fraction of sp³-hybridized carbons (Fsp3) is 0.650. The lowest BCUT2D eigenvalue weighted by atomic mass is 9.74. The fourth-order valence-electron chi connectivity index (χ4n) is 3.99. The minimum Gasteiger partial charge on any atom is -0.494 e. The molecule has 0 unspecified atom stereocenters. The van der Waals surface area contributed by atoms with Gasteiger partial charge < -0.3 is 14.8 Å². The van der Waals surface area contributed by atoms with Crippen molar-refractivity contribution in [1.82, 2.24) is 5.32 Å². The lowest BCUT2D eigenvalue weighted by molar-refractivity contribution is -0.125. The Morgan fingerprint density at radius 2 is 1.88 bits per heavy atom. The van der Waals surface area contributed by atoms with Gasteiger partial charge in [0.05, 0.1) is 6.61 Å². The molecule has 2 fully saturated rings. The Balaban J connectivity index is 1.70. The standard InChI is InChI=1S/C20H29NO3/c1-2-24-18-9-7-17(8-10-18)20(11-13-23-14-12-20)15-21-19(22)16-5-3-4-6-16/h7-10,16H,2-6,11-15H2,1H3,(H,21,22). The van der Waals surface area contributed by atoms with E-state index < -0.39 is 0 Å². The van der Waals surface area contributed by atoms with E-state index in [1.165, 1.54) is 18.4 Å². The molecule has 4 heteroatoms. The highest BCUT2D eigenvalue weighted by molar-refractivity contribution is 5.79. The third kappa shape index (κ3) is 3.92. The summed E-state index contributed by atoms with van der Waals surface area (Å²) in [6, 6.07) is 8.37. The van der Waals surface area contributed by atoms with Crippen molar-refractivity contribution in [2.24, 2.45) is 5.92 Å². The molecule has 1 aliphatic heterocycles. The van der Waals surface area contributed by atoms with Crippen molar-refractivity contribution in [2.45, 2.75) is 50.9 Å². The van der Waals surface area contributed by atoms with Crippen LogP contribution in [0.15, 0.2) is 24.3 Å². The quantitative estimate of drug-likeness (QED) is 0.868. The van der Waals surface area contributed by atoms with E-state index in [0.717, 1.165) is 44.6 Å². The Bertz CT molecular complexity index is 528. The largest absolute Gasteiger partial charge is 0.494 e. The van der Waals surface area contributed by atoms with Gasteiger partial charge in [-0.1, -0.05) is 25.0 Å². The van der Waals surface area contributed by atoms with Crippen LogP contribution in [0.4, 0.5) is 0 Å². The van der Waals surface area contributed by atoms with Crippen LogP contribution in [-0.4, -0.2) is 32.3 Å². The molecular formula is C20H29NO3. The van der Waals surface area contributed by atoms with E-state index in [9.17, 15) is 4.79 Å². The highest BCUT2D eigenvalue weighted by Gasteiger charge is 2.35. The zero-order valence-electron chi connectivity index (χ0n) is 14.7. The van der Waals surface area contributed by atoms with Crippen LogP contribution in [0.5, 0.6) is 5.75 Å². The molecule has 0 atom stereocenters. The predicted molar refractivity (Wildman–Crippen MR) is 94.3 cm³/mol. The molecule has 3 rings (SSSR count). The van der Waals surface area contributed by atoms with Gasteiger partial charge in [0.15, 0.2) is 0 Å². The second-order valence-electron chi connectivity index (χ2n) is 7.05. The summed E-state index contributed by atoms with van der Waals surface area (Å²) >= 11 is 0. The van der Waals surface area contributed by atoms with Gasteiger partial charge in [0.25, 0.3) is 0 Å². The molecule has 1 aromatic carbocycles. The summed E-state index contributed by atoms with van der Waals surface area (Å²) in [7, 11) is 0. The monoisotopic (exact) mass is 331 g/mol. The molecule has 1 saturated heterocycles. The maximum Gasteiger partial charge on any atom is 0.223 e. The van der Waals surface area contributed by atoms with Crippen LogP contribution < -0.4 is 10.1 Å². The van der Waals surface area contributed by atoms with Crippen LogP contribution in [0.2, 0.25) is 0 Å². The molecule has 2 aliphatic rings. The minimum atomic E-state index is -0.0166. The van der Waals surface area contributed by atoms with Gasteiger partial charge in [-0.15, -0.1) is 0 Å². The molecule has 0 spiro atoms. The van der Waals surface area contributed by atoms with E-state index in [0.29, 0.717) is 13.2 Å². The Morgan fingerprint density at radius 3 is 2.50 bits per heavy atom. The summed E-state index contributed by atoms with van der Waals surface area (Å²) in [5.41, 5.74) is 1.26. The van der Waals surface area contributed by atoms with Gasteiger partial charge in [0, 0.05) is 31.1 Å². The lowest BCUT2D eigenvalue weighted by Crippen LogP contribution is -2.45. The van der Waals surface area contributed by atoms with Crippen molar-refractivity contribution in [3.05, 3.63) is 29.8 Å². The van der Waals surface area contributed by atoms with Crippen molar-refractivity contribution in [1.29, 1.82) is 0 Å². The molecule has 1 amide bonds. The third-order valence-corrected chi connectivity index (χ3v) is 5.55. The average molecular weight is 331 g/mol. The Labute approximate surface area is 144 Å². The second-order valence-corrected chi connectivity index (χ2v) is 7.05. The van der Waals surface area contributed by atoms with Gasteiger partial charge >= 0.3 is 0 Å². The zero-order valence-corrected chi connectivity index (χ0v) is 14.7. The SMILES string of the molecule is CCOc1ccc(C2(CNC(=O)C3CCCC3)CCOCC2)cc1. The van der Waals surface area contributed by atoms with Crippen molar-refractivity contribution in [3.8, 4) is 5.75 Å². The number of carbonyl (C=O) groups is 1. The van der Waals surface area contributed by atoms with E-state index in [1.807, 2.05) is 19.1 Å². The van der Waals surface area contributed by atoms with Gasteiger partial charge in [-0.2, -0.15) is 0 Å². The number of nitrogens with one attached hydrogen (secondary N) is 1. The van der Waals surface area contributed by atoms with Gasteiger partial charge in [-0.05, 0) is 50.3 Å². The van der Waals surface area contributed by atoms with Crippen LogP contribution in [-0.2, 0) is 14.9 Å². The molecule has 1 aromatic rings. The van der Waals surface area contributed by atoms with E-state index in [4.69, 9.17) is 9.47 Å². The summed E-state index contributed by atoms with van der Waals surface area (Å²) in [6.45, 7) is 4.89. The maximum absolute atomic E-state index is 12.4. The van der Waals surface area contributed by atoms with Crippen LogP contribution in [0.1, 0.15) is 51.0 Å². The van der Waals surface area contributed by atoms with Gasteiger partial charge in [0.2, 0.25) is 5.91 Å². The predicted octanol–water partition coefficient (Wildman–Crippen LogP) is 3.44. The normalized spacial score (nSPS) is 20.7. The molecule has 1 heterocycles. The number of hydrogen-bond donors (Lipinski definition) is 1. The molecule has 1 N–H and O–H groups in total. The number of hydrogen-bond acceptors (Lipinski definition) is 3. The Kier molecular flexibility index (Phi) is 5.77. The lowest BCUT2D eigenvalue weighted by Gasteiger charge is -2.38. The maximum atomic E-state index is 12.4. The molecule has 4 nitrogen and oxygen atoms in total. The highest BCUT2D eigenvalue weighted by Crippen LogP contribution is 2.35. The van der Waals surface area contributed by atoms with Crippen molar-refractivity contribution in [2.75, 3.05) is 26.4 Å². The number of ether oxygens (including phenoxy) is 2. The van der Waals surface area contributed by atoms with Crippen LogP contribution in [0.3, 0.4) is 0 Å². The number of rotatable bonds is 6. The molecule has 0 bridgehead atoms. The smallest absolute Gasteiger partial charge is 0.223 e. The van der Waals surface area contributed by atoms with Crippen molar-refractivity contribution in [3.63, 3.8) is 0 Å². The van der Waals surface area contributed by atoms with E-state index >= 15 is 0 Å². The summed E-state index contributed by atoms with van der Waals surface area (Å²) in [6.07, 6.45) is 6.37. The summed E-state index contributed by atoms with van der Waals surface area (Å²) < 4.78 is 11.1. The van der Waals surface area contributed by atoms with E-state index in [2.05, 4.69) is 17.4 Å². The van der Waals surface area contributed by atoms with Gasteiger partial charge in [0.1, 0.15) is 5.75 Å². The number of amides is 1. The summed E-state index contributed by atoms with van der Waals surface area (Å²) in [4.78, 5) is 12.4. The third-order valence-electron chi connectivity index (χ3n) is 5.55. The molecule has 132 valence electrons. The second kappa shape index (κ2) is 8.02. The fourth-order valence-corrected chi connectivity index (χ4v) is 3.99. The highest BCUT2D eigenvalue weighted by atomic mass is 16.5. The van der Waals surface area contributed by atoms with Crippen molar-refractivity contribution < 1.29 is 14.3 Å². The first kappa shape index (κ1) is 17.3. The van der Waals surface area contributed by atoms with Crippen LogP contribution >= 0.6 is 0 Å². The van der Waals surface area contributed by atoms with Gasteiger partial charge in [-0.3, -0.25) is 4.79 Å². The Hall–Kier alpha value is -1.55. The molecule has 1 aliphatic carbocycles. The van der Waals surface area contributed by atoms with E-state index in [1.54, 1.807) is 0 Å². The first-order valence-corrected chi connectivity index (χ1v) is 9.32. The zero-order chi connectivity index (χ0) is 16.8. The minimum absolute atomic E-state index is 0.0166. The molecule has 0 aromatic heterocycles. The molecular weight excluding hydrogens is 302 g/mol.